The lowest BCUT2D eigenvalue weighted by Gasteiger charge is -1.88. The van der Waals surface area contributed by atoms with E-state index >= 15 is 0 Å². The van der Waals surface area contributed by atoms with Crippen LogP contribution >= 0.6 is 15.9 Å². The third-order valence-corrected chi connectivity index (χ3v) is 1.12. The van der Waals surface area contributed by atoms with Gasteiger partial charge in [0.1, 0.15) is 0 Å². The molecule has 0 radical (unpaired) electrons. The van der Waals surface area contributed by atoms with Gasteiger partial charge < -0.3 is 4.74 Å². The zero-order valence-corrected chi connectivity index (χ0v) is 6.65. The summed E-state index contributed by atoms with van der Waals surface area (Å²) in [6.07, 6.45) is 5.18. The van der Waals surface area contributed by atoms with E-state index in [1.165, 1.54) is 0 Å². The Balaban J connectivity index is 2.80. The van der Waals surface area contributed by atoms with Crippen molar-refractivity contribution in [2.75, 3.05) is 19.0 Å². The number of ether oxygens (including phenoxy) is 1. The molecule has 0 saturated heterocycles. The minimum absolute atomic E-state index is 0.823. The van der Waals surface area contributed by atoms with Crippen LogP contribution in [-0.2, 0) is 4.74 Å². The van der Waals surface area contributed by atoms with Crippen molar-refractivity contribution in [2.24, 2.45) is 0 Å². The Labute approximate surface area is 58.9 Å². The van der Waals surface area contributed by atoms with Crippen molar-refractivity contribution < 1.29 is 4.74 Å². The minimum atomic E-state index is 0.823. The highest BCUT2D eigenvalue weighted by molar-refractivity contribution is 9.09. The Morgan fingerprint density at radius 2 is 2.25 bits per heavy atom. The second-order valence-electron chi connectivity index (χ2n) is 1.41. The first kappa shape index (κ1) is 8.18. The summed E-state index contributed by atoms with van der Waals surface area (Å²) >= 11 is 3.27. The quantitative estimate of drug-likeness (QED) is 0.364. The summed E-state index contributed by atoms with van der Waals surface area (Å²) < 4.78 is 4.82. The number of allylic oxidation sites excluding steroid dienone is 1. The Hall–Kier alpha value is 0.180. The zero-order valence-electron chi connectivity index (χ0n) is 5.06. The van der Waals surface area contributed by atoms with Gasteiger partial charge in [-0.25, -0.2) is 0 Å². The smallest absolute Gasteiger partial charge is 0.0496 e. The highest BCUT2D eigenvalue weighted by Crippen LogP contribution is 1.86. The summed E-state index contributed by atoms with van der Waals surface area (Å²) in [5.74, 6) is 0. The molecule has 0 aromatic carbocycles. The van der Waals surface area contributed by atoms with Gasteiger partial charge in [0, 0.05) is 19.0 Å². The topological polar surface area (TPSA) is 9.23 Å². The van der Waals surface area contributed by atoms with Crippen molar-refractivity contribution in [3.8, 4) is 0 Å². The molecule has 0 N–H and O–H groups in total. The van der Waals surface area contributed by atoms with Gasteiger partial charge in [-0.2, -0.15) is 0 Å². The second-order valence-corrected chi connectivity index (χ2v) is 2.05. The van der Waals surface area contributed by atoms with Gasteiger partial charge in [0.25, 0.3) is 0 Å². The first-order valence-corrected chi connectivity index (χ1v) is 3.74. The molecule has 0 aromatic heterocycles. The summed E-state index contributed by atoms with van der Waals surface area (Å²) in [5, 5.41) is 0.941. The van der Waals surface area contributed by atoms with E-state index in [-0.39, 0.29) is 0 Å². The molecular formula is C6H11BrO. The molecule has 0 atom stereocenters. The average Bonchev–Trinajstić information content (AvgIpc) is 1.81. The monoisotopic (exact) mass is 178 g/mol. The fraction of sp³-hybridized carbons (Fsp3) is 0.667. The standard InChI is InChI=1S/C6H11BrO/c1-8-6-4-2-3-5-7/h2-3H,4-6H2,1H3. The van der Waals surface area contributed by atoms with E-state index in [1.54, 1.807) is 7.11 Å². The van der Waals surface area contributed by atoms with Gasteiger partial charge in [-0.15, -0.1) is 0 Å². The van der Waals surface area contributed by atoms with Gasteiger partial charge in [-0.05, 0) is 6.42 Å². The first-order chi connectivity index (χ1) is 3.91. The molecule has 0 bridgehead atoms. The maximum atomic E-state index is 4.82. The van der Waals surface area contributed by atoms with Gasteiger partial charge in [0.15, 0.2) is 0 Å². The van der Waals surface area contributed by atoms with Crippen LogP contribution in [0.4, 0.5) is 0 Å². The maximum absolute atomic E-state index is 4.82. The van der Waals surface area contributed by atoms with Crippen molar-refractivity contribution in [1.82, 2.24) is 0 Å². The number of hydrogen-bond donors (Lipinski definition) is 0. The maximum Gasteiger partial charge on any atom is 0.0496 e. The summed E-state index contributed by atoms with van der Waals surface area (Å²) in [6.45, 7) is 0.823. The van der Waals surface area contributed by atoms with Crippen LogP contribution in [0.15, 0.2) is 12.2 Å². The van der Waals surface area contributed by atoms with Crippen LogP contribution in [0.3, 0.4) is 0 Å². The Bertz CT molecular complexity index is 61.5. The van der Waals surface area contributed by atoms with Crippen LogP contribution in [0, 0.1) is 0 Å². The van der Waals surface area contributed by atoms with Gasteiger partial charge in [-0.3, -0.25) is 0 Å². The van der Waals surface area contributed by atoms with Crippen LogP contribution in [0.2, 0.25) is 0 Å². The molecule has 0 amide bonds. The summed E-state index contributed by atoms with van der Waals surface area (Å²) in [7, 11) is 1.71. The fourth-order valence-electron chi connectivity index (χ4n) is 0.367. The lowest BCUT2D eigenvalue weighted by molar-refractivity contribution is 0.204. The predicted molar refractivity (Wildman–Crippen MR) is 39.4 cm³/mol. The molecule has 0 rings (SSSR count). The van der Waals surface area contributed by atoms with E-state index in [0.29, 0.717) is 0 Å². The summed E-state index contributed by atoms with van der Waals surface area (Å²) in [4.78, 5) is 0. The lowest BCUT2D eigenvalue weighted by Crippen LogP contribution is -1.83. The highest BCUT2D eigenvalue weighted by atomic mass is 79.9. The molecule has 0 unspecified atom stereocenters. The van der Waals surface area contributed by atoms with Gasteiger partial charge >= 0.3 is 0 Å². The largest absolute Gasteiger partial charge is 0.384 e. The van der Waals surface area contributed by atoms with Crippen molar-refractivity contribution in [3.05, 3.63) is 12.2 Å². The molecule has 0 aliphatic heterocycles. The van der Waals surface area contributed by atoms with Crippen LogP contribution in [0.25, 0.3) is 0 Å². The molecule has 0 spiro atoms. The molecule has 48 valence electrons. The Morgan fingerprint density at radius 3 is 2.75 bits per heavy atom. The molecule has 0 fully saturated rings. The summed E-state index contributed by atoms with van der Waals surface area (Å²) in [6, 6.07) is 0. The van der Waals surface area contributed by atoms with Crippen molar-refractivity contribution in [1.29, 1.82) is 0 Å². The van der Waals surface area contributed by atoms with Crippen LogP contribution < -0.4 is 0 Å². The zero-order chi connectivity index (χ0) is 6.24. The third-order valence-electron chi connectivity index (χ3n) is 0.744. The molecule has 1 nitrogen and oxygen atoms in total. The van der Waals surface area contributed by atoms with E-state index in [1.807, 2.05) is 0 Å². The van der Waals surface area contributed by atoms with Gasteiger partial charge in [-0.1, -0.05) is 28.1 Å². The van der Waals surface area contributed by atoms with E-state index in [9.17, 15) is 0 Å². The number of halogens is 1. The minimum Gasteiger partial charge on any atom is -0.384 e. The lowest BCUT2D eigenvalue weighted by atomic mass is 10.4. The van der Waals surface area contributed by atoms with E-state index < -0.39 is 0 Å². The van der Waals surface area contributed by atoms with Crippen molar-refractivity contribution >= 4 is 15.9 Å². The van der Waals surface area contributed by atoms with E-state index in [2.05, 4.69) is 28.1 Å². The average molecular weight is 179 g/mol. The number of hydrogen-bond acceptors (Lipinski definition) is 1. The summed E-state index contributed by atoms with van der Waals surface area (Å²) in [5.41, 5.74) is 0. The molecule has 0 aromatic rings. The number of methoxy groups -OCH3 is 1. The number of alkyl halides is 1. The van der Waals surface area contributed by atoms with Gasteiger partial charge in [0.05, 0.1) is 0 Å². The molecule has 0 aliphatic carbocycles. The van der Waals surface area contributed by atoms with Gasteiger partial charge in [0.2, 0.25) is 0 Å². The molecule has 0 saturated carbocycles. The SMILES string of the molecule is COCCC=CCBr. The van der Waals surface area contributed by atoms with Crippen LogP contribution in [-0.4, -0.2) is 19.0 Å². The first-order valence-electron chi connectivity index (χ1n) is 2.61. The third kappa shape index (κ3) is 6.18. The van der Waals surface area contributed by atoms with Crippen molar-refractivity contribution in [2.45, 2.75) is 6.42 Å². The molecule has 8 heavy (non-hydrogen) atoms. The molecule has 2 heteroatoms. The predicted octanol–water partition coefficient (Wildman–Crippen LogP) is 1.97. The Kier molecular flexibility index (Phi) is 7.34. The second kappa shape index (κ2) is 7.18. The fourth-order valence-corrected chi connectivity index (χ4v) is 0.631. The van der Waals surface area contributed by atoms with E-state index in [4.69, 9.17) is 4.74 Å². The van der Waals surface area contributed by atoms with E-state index in [0.717, 1.165) is 18.4 Å². The normalized spacial score (nSPS) is 10.8. The Morgan fingerprint density at radius 1 is 1.50 bits per heavy atom. The molecule has 0 aliphatic rings. The number of rotatable bonds is 4. The van der Waals surface area contributed by atoms with Crippen LogP contribution in [0.1, 0.15) is 6.42 Å². The van der Waals surface area contributed by atoms with Crippen LogP contribution in [0.5, 0.6) is 0 Å². The molecular weight excluding hydrogens is 168 g/mol. The highest BCUT2D eigenvalue weighted by Gasteiger charge is 1.74. The molecule has 0 heterocycles. The van der Waals surface area contributed by atoms with Crippen molar-refractivity contribution in [3.63, 3.8) is 0 Å².